The van der Waals surface area contributed by atoms with E-state index in [1.54, 1.807) is 4.90 Å². The van der Waals surface area contributed by atoms with Crippen LogP contribution in [0.2, 0.25) is 0 Å². The number of carbonyl (C=O) groups is 3. The SMILES string of the molecule is CC1CCN(C(=O)NC(CC(N)=O)C(=O)O)C1. The van der Waals surface area contributed by atoms with Gasteiger partial charge in [0.15, 0.2) is 0 Å². The lowest BCUT2D eigenvalue weighted by Gasteiger charge is -2.20. The van der Waals surface area contributed by atoms with E-state index < -0.39 is 30.4 Å². The van der Waals surface area contributed by atoms with Crippen molar-refractivity contribution in [2.45, 2.75) is 25.8 Å². The Kier molecular flexibility index (Phi) is 4.30. The molecule has 1 saturated heterocycles. The molecule has 4 N–H and O–H groups in total. The molecule has 0 aromatic carbocycles. The Hall–Kier alpha value is -1.79. The molecule has 0 aromatic heterocycles. The van der Waals surface area contributed by atoms with Crippen molar-refractivity contribution in [3.8, 4) is 0 Å². The Labute approximate surface area is 98.9 Å². The van der Waals surface area contributed by atoms with Crippen LogP contribution >= 0.6 is 0 Å². The number of aliphatic carboxylic acids is 1. The summed E-state index contributed by atoms with van der Waals surface area (Å²) in [5.41, 5.74) is 4.92. The van der Waals surface area contributed by atoms with Gasteiger partial charge in [-0.2, -0.15) is 0 Å². The van der Waals surface area contributed by atoms with E-state index in [1.165, 1.54) is 0 Å². The van der Waals surface area contributed by atoms with Gasteiger partial charge in [0.05, 0.1) is 6.42 Å². The van der Waals surface area contributed by atoms with Crippen LogP contribution in [0.1, 0.15) is 19.8 Å². The maximum absolute atomic E-state index is 11.7. The predicted octanol–water partition coefficient (Wildman–Crippen LogP) is -0.634. The second kappa shape index (κ2) is 5.51. The average molecular weight is 243 g/mol. The Bertz CT molecular complexity index is 332. The van der Waals surface area contributed by atoms with Crippen molar-refractivity contribution in [3.05, 3.63) is 0 Å². The van der Waals surface area contributed by atoms with E-state index in [2.05, 4.69) is 5.32 Å². The number of likely N-dealkylation sites (tertiary alicyclic amines) is 1. The van der Waals surface area contributed by atoms with Crippen molar-refractivity contribution >= 4 is 17.9 Å². The number of carboxylic acids is 1. The molecule has 0 aliphatic carbocycles. The van der Waals surface area contributed by atoms with Gasteiger partial charge in [-0.3, -0.25) is 4.79 Å². The van der Waals surface area contributed by atoms with Gasteiger partial charge in [-0.05, 0) is 12.3 Å². The smallest absolute Gasteiger partial charge is 0.326 e. The maximum Gasteiger partial charge on any atom is 0.326 e. The van der Waals surface area contributed by atoms with Gasteiger partial charge in [0, 0.05) is 13.1 Å². The number of carbonyl (C=O) groups excluding carboxylic acids is 2. The molecule has 2 unspecified atom stereocenters. The summed E-state index contributed by atoms with van der Waals surface area (Å²) in [6.07, 6.45) is 0.505. The first-order valence-electron chi connectivity index (χ1n) is 5.46. The molecule has 7 nitrogen and oxygen atoms in total. The van der Waals surface area contributed by atoms with Gasteiger partial charge in [-0.25, -0.2) is 9.59 Å². The summed E-state index contributed by atoms with van der Waals surface area (Å²) in [7, 11) is 0. The number of rotatable bonds is 4. The molecule has 0 spiro atoms. The molecule has 0 bridgehead atoms. The quantitative estimate of drug-likeness (QED) is 0.609. The fourth-order valence-electron chi connectivity index (χ4n) is 1.76. The normalized spacial score (nSPS) is 21.0. The topological polar surface area (TPSA) is 113 Å². The van der Waals surface area contributed by atoms with Gasteiger partial charge in [0.1, 0.15) is 6.04 Å². The van der Waals surface area contributed by atoms with Crippen LogP contribution in [-0.4, -0.2) is 47.0 Å². The Balaban J connectivity index is 2.52. The van der Waals surface area contributed by atoms with E-state index in [0.717, 1.165) is 6.42 Å². The number of amides is 3. The van der Waals surface area contributed by atoms with Crippen LogP contribution in [0.25, 0.3) is 0 Å². The van der Waals surface area contributed by atoms with Crippen molar-refractivity contribution in [1.29, 1.82) is 0 Å². The first-order chi connectivity index (χ1) is 7.90. The van der Waals surface area contributed by atoms with Crippen molar-refractivity contribution in [3.63, 3.8) is 0 Å². The van der Waals surface area contributed by atoms with Crippen LogP contribution in [0.4, 0.5) is 4.79 Å². The molecular formula is C10H17N3O4. The van der Waals surface area contributed by atoms with E-state index >= 15 is 0 Å². The average Bonchev–Trinajstić information content (AvgIpc) is 2.63. The van der Waals surface area contributed by atoms with Crippen LogP contribution in [0.3, 0.4) is 0 Å². The monoisotopic (exact) mass is 243 g/mol. The Morgan fingerprint density at radius 1 is 1.53 bits per heavy atom. The molecule has 0 aromatic rings. The van der Waals surface area contributed by atoms with Crippen LogP contribution < -0.4 is 11.1 Å². The minimum atomic E-state index is -1.26. The number of primary amides is 1. The minimum Gasteiger partial charge on any atom is -0.480 e. The molecular weight excluding hydrogens is 226 g/mol. The molecule has 1 heterocycles. The minimum absolute atomic E-state index is 0.398. The zero-order chi connectivity index (χ0) is 13.0. The standard InChI is InChI=1S/C10H17N3O4/c1-6-2-3-13(5-6)10(17)12-7(9(15)16)4-8(11)14/h6-7H,2-5H2,1H3,(H2,11,14)(H,12,17)(H,15,16). The fraction of sp³-hybridized carbons (Fsp3) is 0.700. The van der Waals surface area contributed by atoms with Crippen LogP contribution in [-0.2, 0) is 9.59 Å². The van der Waals surface area contributed by atoms with Crippen molar-refractivity contribution in [2.75, 3.05) is 13.1 Å². The highest BCUT2D eigenvalue weighted by Crippen LogP contribution is 2.14. The van der Waals surface area contributed by atoms with E-state index in [4.69, 9.17) is 10.8 Å². The predicted molar refractivity (Wildman–Crippen MR) is 59.1 cm³/mol. The third kappa shape index (κ3) is 3.93. The van der Waals surface area contributed by atoms with Crippen LogP contribution in [0, 0.1) is 5.92 Å². The third-order valence-electron chi connectivity index (χ3n) is 2.71. The van der Waals surface area contributed by atoms with Gasteiger partial charge in [0.2, 0.25) is 5.91 Å². The summed E-state index contributed by atoms with van der Waals surface area (Å²) in [6.45, 7) is 3.23. The number of urea groups is 1. The molecule has 0 saturated carbocycles. The molecule has 1 aliphatic heterocycles. The number of nitrogens with one attached hydrogen (secondary N) is 1. The Morgan fingerprint density at radius 2 is 2.18 bits per heavy atom. The zero-order valence-electron chi connectivity index (χ0n) is 9.68. The molecule has 2 atom stereocenters. The second-order valence-corrected chi connectivity index (χ2v) is 4.35. The van der Waals surface area contributed by atoms with Crippen molar-refractivity contribution in [1.82, 2.24) is 10.2 Å². The van der Waals surface area contributed by atoms with Gasteiger partial charge in [-0.1, -0.05) is 6.92 Å². The highest BCUT2D eigenvalue weighted by Gasteiger charge is 2.28. The molecule has 1 rings (SSSR count). The first kappa shape index (κ1) is 13.3. The van der Waals surface area contributed by atoms with Crippen molar-refractivity contribution < 1.29 is 19.5 Å². The first-order valence-corrected chi connectivity index (χ1v) is 5.46. The third-order valence-corrected chi connectivity index (χ3v) is 2.71. The lowest BCUT2D eigenvalue weighted by Crippen LogP contribution is -2.48. The fourth-order valence-corrected chi connectivity index (χ4v) is 1.76. The van der Waals surface area contributed by atoms with E-state index in [9.17, 15) is 14.4 Å². The largest absolute Gasteiger partial charge is 0.480 e. The highest BCUT2D eigenvalue weighted by molar-refractivity contribution is 5.87. The second-order valence-electron chi connectivity index (χ2n) is 4.35. The summed E-state index contributed by atoms with van der Waals surface area (Å²) < 4.78 is 0. The van der Waals surface area contributed by atoms with E-state index in [0.29, 0.717) is 19.0 Å². The van der Waals surface area contributed by atoms with Crippen LogP contribution in [0.5, 0.6) is 0 Å². The molecule has 3 amide bonds. The van der Waals surface area contributed by atoms with Gasteiger partial charge < -0.3 is 21.1 Å². The van der Waals surface area contributed by atoms with E-state index in [1.807, 2.05) is 6.92 Å². The summed E-state index contributed by atoms with van der Waals surface area (Å²) >= 11 is 0. The maximum atomic E-state index is 11.7. The lowest BCUT2D eigenvalue weighted by atomic mass is 10.2. The molecule has 0 radical (unpaired) electrons. The van der Waals surface area contributed by atoms with E-state index in [-0.39, 0.29) is 0 Å². The summed E-state index contributed by atoms with van der Waals surface area (Å²) in [4.78, 5) is 34.7. The lowest BCUT2D eigenvalue weighted by molar-refractivity contribution is -0.140. The number of nitrogens with two attached hydrogens (primary N) is 1. The zero-order valence-corrected chi connectivity index (χ0v) is 9.68. The number of nitrogens with zero attached hydrogens (tertiary/aromatic N) is 1. The summed E-state index contributed by atoms with van der Waals surface area (Å²) in [6, 6.07) is -1.71. The molecule has 1 aliphatic rings. The molecule has 17 heavy (non-hydrogen) atoms. The highest BCUT2D eigenvalue weighted by atomic mass is 16.4. The molecule has 7 heteroatoms. The van der Waals surface area contributed by atoms with Gasteiger partial charge in [0.25, 0.3) is 0 Å². The van der Waals surface area contributed by atoms with Gasteiger partial charge in [-0.15, -0.1) is 0 Å². The number of carboxylic acid groups (broad SMARTS) is 1. The van der Waals surface area contributed by atoms with Crippen molar-refractivity contribution in [2.24, 2.45) is 11.7 Å². The summed E-state index contributed by atoms with van der Waals surface area (Å²) in [5.74, 6) is -1.60. The summed E-state index contributed by atoms with van der Waals surface area (Å²) in [5, 5.41) is 11.1. The van der Waals surface area contributed by atoms with Gasteiger partial charge >= 0.3 is 12.0 Å². The molecule has 1 fully saturated rings. The molecule has 96 valence electrons. The van der Waals surface area contributed by atoms with Crippen LogP contribution in [0.15, 0.2) is 0 Å². The number of hydrogen-bond donors (Lipinski definition) is 3. The number of hydrogen-bond acceptors (Lipinski definition) is 3. The Morgan fingerprint density at radius 3 is 2.59 bits per heavy atom.